The molecule has 1 heterocycles. The number of ether oxygens (including phenoxy) is 3. The molecule has 0 atom stereocenters. The first-order chi connectivity index (χ1) is 15.0. The lowest BCUT2D eigenvalue weighted by atomic mass is 10.1. The van der Waals surface area contributed by atoms with Crippen molar-refractivity contribution in [2.45, 2.75) is 26.2 Å². The second-order valence-corrected chi connectivity index (χ2v) is 7.09. The Morgan fingerprint density at radius 1 is 1.00 bits per heavy atom. The highest BCUT2D eigenvalue weighted by molar-refractivity contribution is 5.76. The summed E-state index contributed by atoms with van der Waals surface area (Å²) in [5.41, 5.74) is 3.03. The van der Waals surface area contributed by atoms with Crippen LogP contribution in [-0.2, 0) is 17.6 Å². The highest BCUT2D eigenvalue weighted by Gasteiger charge is 2.14. The molecule has 0 spiro atoms. The van der Waals surface area contributed by atoms with Crippen LogP contribution in [0, 0.1) is 6.92 Å². The van der Waals surface area contributed by atoms with Gasteiger partial charge in [-0.3, -0.25) is 4.79 Å². The van der Waals surface area contributed by atoms with E-state index in [1.807, 2.05) is 31.2 Å². The molecule has 0 unspecified atom stereocenters. The molecule has 31 heavy (non-hydrogen) atoms. The van der Waals surface area contributed by atoms with Crippen molar-refractivity contribution in [1.29, 1.82) is 0 Å². The molecule has 0 aliphatic carbocycles. The number of benzene rings is 2. The minimum atomic E-state index is -0.0680. The zero-order chi connectivity index (χ0) is 22.2. The van der Waals surface area contributed by atoms with Crippen molar-refractivity contribution in [2.24, 2.45) is 0 Å². The van der Waals surface area contributed by atoms with E-state index < -0.39 is 0 Å². The van der Waals surface area contributed by atoms with Crippen LogP contribution in [0.5, 0.6) is 17.2 Å². The first kappa shape index (κ1) is 22.2. The van der Waals surface area contributed by atoms with E-state index in [9.17, 15) is 4.79 Å². The fraction of sp³-hybridized carbons (Fsp3) is 0.333. The van der Waals surface area contributed by atoms with Gasteiger partial charge < -0.3 is 23.9 Å². The Hall–Kier alpha value is -3.48. The van der Waals surface area contributed by atoms with Crippen molar-refractivity contribution >= 4 is 5.91 Å². The van der Waals surface area contributed by atoms with Gasteiger partial charge in [0.1, 0.15) is 17.2 Å². The first-order valence-electron chi connectivity index (χ1n) is 10.1. The third-order valence-electron chi connectivity index (χ3n) is 4.97. The van der Waals surface area contributed by atoms with Crippen LogP contribution in [0.1, 0.15) is 23.4 Å². The van der Waals surface area contributed by atoms with Crippen molar-refractivity contribution in [2.75, 3.05) is 27.9 Å². The largest absolute Gasteiger partial charge is 0.496 e. The minimum Gasteiger partial charge on any atom is -0.496 e. The summed E-state index contributed by atoms with van der Waals surface area (Å²) in [5, 5.41) is 2.93. The lowest BCUT2D eigenvalue weighted by Crippen LogP contribution is -2.26. The molecule has 0 bridgehead atoms. The van der Waals surface area contributed by atoms with E-state index in [-0.39, 0.29) is 5.91 Å². The summed E-state index contributed by atoms with van der Waals surface area (Å²) in [6.45, 7) is 2.49. The lowest BCUT2D eigenvalue weighted by molar-refractivity contribution is -0.121. The molecule has 0 radical (unpaired) electrons. The Kier molecular flexibility index (Phi) is 7.54. The van der Waals surface area contributed by atoms with Crippen LogP contribution in [0.2, 0.25) is 0 Å². The van der Waals surface area contributed by atoms with Gasteiger partial charge in [-0.15, -0.1) is 0 Å². The van der Waals surface area contributed by atoms with Gasteiger partial charge in [0, 0.05) is 42.6 Å². The summed E-state index contributed by atoms with van der Waals surface area (Å²) in [4.78, 5) is 16.6. The number of hydrogen-bond donors (Lipinski definition) is 1. The van der Waals surface area contributed by atoms with Crippen molar-refractivity contribution in [3.63, 3.8) is 0 Å². The van der Waals surface area contributed by atoms with Crippen molar-refractivity contribution < 1.29 is 23.4 Å². The van der Waals surface area contributed by atoms with E-state index in [1.165, 1.54) is 5.56 Å². The van der Waals surface area contributed by atoms with E-state index in [4.69, 9.17) is 18.6 Å². The van der Waals surface area contributed by atoms with Crippen LogP contribution < -0.4 is 19.5 Å². The molecule has 0 saturated carbocycles. The molecule has 3 aromatic rings. The number of hydrogen-bond acceptors (Lipinski definition) is 6. The number of amides is 1. The van der Waals surface area contributed by atoms with Gasteiger partial charge in [0.15, 0.2) is 11.7 Å². The third-order valence-corrected chi connectivity index (χ3v) is 4.97. The average molecular weight is 424 g/mol. The molecule has 164 valence electrons. The predicted molar refractivity (Wildman–Crippen MR) is 118 cm³/mol. The Balaban J connectivity index is 1.51. The average Bonchev–Trinajstić information content (AvgIpc) is 3.27. The molecule has 3 rings (SSSR count). The van der Waals surface area contributed by atoms with E-state index in [2.05, 4.69) is 10.3 Å². The van der Waals surface area contributed by atoms with Crippen molar-refractivity contribution in [1.82, 2.24) is 10.3 Å². The summed E-state index contributed by atoms with van der Waals surface area (Å²) < 4.78 is 21.9. The third kappa shape index (κ3) is 5.78. The van der Waals surface area contributed by atoms with E-state index in [1.54, 1.807) is 39.7 Å². The van der Waals surface area contributed by atoms with Crippen LogP contribution in [0.15, 0.2) is 47.0 Å². The Bertz CT molecular complexity index is 986. The summed E-state index contributed by atoms with van der Waals surface area (Å²) in [6, 6.07) is 11.6. The summed E-state index contributed by atoms with van der Waals surface area (Å²) in [7, 11) is 4.78. The normalized spacial score (nSPS) is 10.6. The monoisotopic (exact) mass is 424 g/mol. The maximum atomic E-state index is 12.3. The Labute approximate surface area is 182 Å². The number of carbonyl (C=O) groups excluding carboxylic acids is 1. The molecule has 0 saturated heterocycles. The SMILES string of the molecule is COc1cc(OC)c(CCNC(=O)CCc2ncc(-c3ccc(C)cc3)o2)c(OC)c1. The Morgan fingerprint density at radius 3 is 2.29 bits per heavy atom. The molecule has 0 aliphatic heterocycles. The molecule has 1 aromatic heterocycles. The Morgan fingerprint density at radius 2 is 1.68 bits per heavy atom. The number of aromatic nitrogens is 1. The molecular formula is C24H28N2O5. The van der Waals surface area contributed by atoms with Gasteiger partial charge in [-0.1, -0.05) is 29.8 Å². The van der Waals surface area contributed by atoms with Gasteiger partial charge in [0.25, 0.3) is 0 Å². The van der Waals surface area contributed by atoms with Crippen LogP contribution in [0.4, 0.5) is 0 Å². The molecule has 0 aliphatic rings. The van der Waals surface area contributed by atoms with Gasteiger partial charge in [-0.25, -0.2) is 4.98 Å². The van der Waals surface area contributed by atoms with Crippen LogP contribution in [0.3, 0.4) is 0 Å². The summed E-state index contributed by atoms with van der Waals surface area (Å²) in [6.07, 6.45) is 3.00. The number of carbonyl (C=O) groups is 1. The number of rotatable bonds is 10. The fourth-order valence-corrected chi connectivity index (χ4v) is 3.24. The van der Waals surface area contributed by atoms with Gasteiger partial charge in [-0.05, 0) is 13.3 Å². The fourth-order valence-electron chi connectivity index (χ4n) is 3.24. The standard InChI is InChI=1S/C24H28N2O5/c1-16-5-7-17(8-6-16)22-15-26-24(31-22)10-9-23(27)25-12-11-19-20(29-3)13-18(28-2)14-21(19)30-4/h5-8,13-15H,9-12H2,1-4H3,(H,25,27). The zero-order valence-corrected chi connectivity index (χ0v) is 18.4. The number of nitrogens with zero attached hydrogens (tertiary/aromatic N) is 1. The highest BCUT2D eigenvalue weighted by atomic mass is 16.5. The first-order valence-corrected chi connectivity index (χ1v) is 10.1. The molecule has 0 fully saturated rings. The number of aryl methyl sites for hydroxylation is 2. The molecule has 2 aromatic carbocycles. The number of nitrogens with one attached hydrogen (secondary N) is 1. The second kappa shape index (κ2) is 10.5. The maximum Gasteiger partial charge on any atom is 0.220 e. The topological polar surface area (TPSA) is 82.8 Å². The van der Waals surface area contributed by atoms with Crippen molar-refractivity contribution in [3.05, 3.63) is 59.6 Å². The smallest absolute Gasteiger partial charge is 0.220 e. The zero-order valence-electron chi connectivity index (χ0n) is 18.4. The predicted octanol–water partition coefficient (Wildman–Crippen LogP) is 3.97. The number of methoxy groups -OCH3 is 3. The highest BCUT2D eigenvalue weighted by Crippen LogP contribution is 2.34. The minimum absolute atomic E-state index is 0.0680. The van der Waals surface area contributed by atoms with Crippen LogP contribution >= 0.6 is 0 Å². The quantitative estimate of drug-likeness (QED) is 0.530. The molecular weight excluding hydrogens is 396 g/mol. The molecule has 1 N–H and O–H groups in total. The summed E-state index contributed by atoms with van der Waals surface area (Å²) in [5.74, 6) is 3.15. The molecule has 7 nitrogen and oxygen atoms in total. The van der Waals surface area contributed by atoms with E-state index in [0.717, 1.165) is 11.1 Å². The van der Waals surface area contributed by atoms with Gasteiger partial charge in [0.05, 0.1) is 27.5 Å². The van der Waals surface area contributed by atoms with Gasteiger partial charge >= 0.3 is 0 Å². The van der Waals surface area contributed by atoms with Gasteiger partial charge in [0.2, 0.25) is 5.91 Å². The second-order valence-electron chi connectivity index (χ2n) is 7.09. The van der Waals surface area contributed by atoms with Crippen molar-refractivity contribution in [3.8, 4) is 28.6 Å². The number of oxazole rings is 1. The van der Waals surface area contributed by atoms with Crippen LogP contribution in [0.25, 0.3) is 11.3 Å². The van der Waals surface area contributed by atoms with Crippen LogP contribution in [-0.4, -0.2) is 38.8 Å². The van der Waals surface area contributed by atoms with E-state index in [0.29, 0.717) is 54.7 Å². The lowest BCUT2D eigenvalue weighted by Gasteiger charge is -2.15. The van der Waals surface area contributed by atoms with Gasteiger partial charge in [-0.2, -0.15) is 0 Å². The maximum absolute atomic E-state index is 12.3. The molecule has 1 amide bonds. The van der Waals surface area contributed by atoms with E-state index >= 15 is 0 Å². The summed E-state index contributed by atoms with van der Waals surface area (Å²) >= 11 is 0. The molecule has 7 heteroatoms.